The van der Waals surface area contributed by atoms with Crippen molar-refractivity contribution in [2.75, 3.05) is 6.61 Å². The number of hydrogen-bond acceptors (Lipinski definition) is 5. The second-order valence-corrected chi connectivity index (χ2v) is 4.28. The number of H-pyrrole nitrogens is 1. The van der Waals surface area contributed by atoms with Gasteiger partial charge >= 0.3 is 0 Å². The Labute approximate surface area is 102 Å². The quantitative estimate of drug-likeness (QED) is 0.544. The lowest BCUT2D eigenvalue weighted by atomic mass is 10.00. The number of rotatable bonds is 2. The number of halogens is 1. The van der Waals surface area contributed by atoms with Gasteiger partial charge in [0.15, 0.2) is 0 Å². The summed E-state index contributed by atoms with van der Waals surface area (Å²) < 4.78 is 19.0. The maximum Gasteiger partial charge on any atom is 0.251 e. The number of aryl methyl sites for hydroxylation is 1. The Morgan fingerprint density at radius 3 is 2.61 bits per heavy atom. The van der Waals surface area contributed by atoms with Crippen LogP contribution in [0.3, 0.4) is 0 Å². The number of aliphatic hydroxyl groups excluding tert-OH is 3. The molecule has 2 rings (SSSR count). The molecule has 1 unspecified atom stereocenters. The number of aliphatic hydroxyl groups is 3. The van der Waals surface area contributed by atoms with Gasteiger partial charge in [0.25, 0.3) is 5.56 Å². The normalized spacial score (nSPS) is 31.8. The first-order chi connectivity index (χ1) is 8.45. The van der Waals surface area contributed by atoms with Crippen molar-refractivity contribution in [3.8, 4) is 0 Å². The number of hydrogen-bond donors (Lipinski definition) is 4. The van der Waals surface area contributed by atoms with E-state index in [-0.39, 0.29) is 11.3 Å². The third-order valence-electron chi connectivity index (χ3n) is 3.06. The zero-order valence-corrected chi connectivity index (χ0v) is 9.63. The zero-order chi connectivity index (χ0) is 13.4. The number of aromatic amines is 1. The molecule has 1 aromatic heterocycles. The van der Waals surface area contributed by atoms with Crippen LogP contribution in [0.1, 0.15) is 17.4 Å². The van der Waals surface area contributed by atoms with Crippen molar-refractivity contribution in [1.29, 1.82) is 0 Å². The maximum absolute atomic E-state index is 13.7. The molecule has 1 saturated heterocycles. The van der Waals surface area contributed by atoms with Crippen molar-refractivity contribution in [2.24, 2.45) is 0 Å². The maximum atomic E-state index is 13.7. The Morgan fingerprint density at radius 2 is 2.11 bits per heavy atom. The monoisotopic (exact) mass is 259 g/mol. The molecule has 7 heteroatoms. The van der Waals surface area contributed by atoms with Gasteiger partial charge in [-0.1, -0.05) is 0 Å². The zero-order valence-electron chi connectivity index (χ0n) is 9.63. The standard InChI is InChI=1S/C11H14FNO5/c1-4-8(5(12)2-7(15)13-4)11-10(17)9(16)6(3-14)18-11/h2,6,9-11,14,16-17H,3H2,1H3,(H,13,15)/t6-,9?,10+,11+/m1/s1. The van der Waals surface area contributed by atoms with E-state index in [1.54, 1.807) is 0 Å². The Morgan fingerprint density at radius 1 is 1.44 bits per heavy atom. The molecule has 1 aliphatic rings. The van der Waals surface area contributed by atoms with E-state index in [0.717, 1.165) is 6.07 Å². The Bertz CT molecular complexity index is 476. The van der Waals surface area contributed by atoms with E-state index in [4.69, 9.17) is 9.84 Å². The summed E-state index contributed by atoms with van der Waals surface area (Å²) in [5, 5.41) is 28.3. The summed E-state index contributed by atoms with van der Waals surface area (Å²) in [6.45, 7) is 0.979. The van der Waals surface area contributed by atoms with Crippen LogP contribution < -0.4 is 5.56 Å². The van der Waals surface area contributed by atoms with Gasteiger partial charge in [-0.2, -0.15) is 0 Å². The molecule has 2 heterocycles. The van der Waals surface area contributed by atoms with Gasteiger partial charge in [-0.05, 0) is 6.92 Å². The Kier molecular flexibility index (Phi) is 3.49. The third kappa shape index (κ3) is 2.05. The van der Waals surface area contributed by atoms with Crippen LogP contribution in [-0.2, 0) is 4.74 Å². The first-order valence-corrected chi connectivity index (χ1v) is 5.47. The highest BCUT2D eigenvalue weighted by molar-refractivity contribution is 5.26. The lowest BCUT2D eigenvalue weighted by Gasteiger charge is -2.17. The molecule has 1 aliphatic heterocycles. The fourth-order valence-electron chi connectivity index (χ4n) is 2.15. The van der Waals surface area contributed by atoms with Gasteiger partial charge in [0, 0.05) is 17.3 Å². The summed E-state index contributed by atoms with van der Waals surface area (Å²) >= 11 is 0. The molecule has 18 heavy (non-hydrogen) atoms. The molecule has 0 bridgehead atoms. The molecule has 0 amide bonds. The SMILES string of the molecule is Cc1[nH]c(=O)cc(F)c1[C@@H]1O[C@H](CO)C(O)[C@@H]1O. The van der Waals surface area contributed by atoms with E-state index in [9.17, 15) is 19.4 Å². The molecule has 0 aromatic carbocycles. The summed E-state index contributed by atoms with van der Waals surface area (Å²) in [4.78, 5) is 13.5. The van der Waals surface area contributed by atoms with Crippen LogP contribution in [0.5, 0.6) is 0 Å². The van der Waals surface area contributed by atoms with Gasteiger partial charge in [-0.3, -0.25) is 4.79 Å². The molecule has 100 valence electrons. The molecule has 0 aliphatic carbocycles. The lowest BCUT2D eigenvalue weighted by Crippen LogP contribution is -2.32. The summed E-state index contributed by atoms with van der Waals surface area (Å²) in [6, 6.07) is 0.747. The Hall–Kier alpha value is -1.28. The Balaban J connectivity index is 2.41. The van der Waals surface area contributed by atoms with Crippen LogP contribution in [0, 0.1) is 12.7 Å². The fraction of sp³-hybridized carbons (Fsp3) is 0.545. The van der Waals surface area contributed by atoms with Gasteiger partial charge in [0.2, 0.25) is 0 Å². The average molecular weight is 259 g/mol. The predicted octanol–water partition coefficient (Wildman–Crippen LogP) is -1.02. The van der Waals surface area contributed by atoms with Crippen LogP contribution in [-0.4, -0.2) is 45.2 Å². The van der Waals surface area contributed by atoms with E-state index < -0.39 is 42.4 Å². The van der Waals surface area contributed by atoms with E-state index in [1.807, 2.05) is 0 Å². The largest absolute Gasteiger partial charge is 0.394 e. The minimum absolute atomic E-state index is 0.0166. The molecule has 0 radical (unpaired) electrons. The molecular weight excluding hydrogens is 245 g/mol. The van der Waals surface area contributed by atoms with Crippen molar-refractivity contribution in [2.45, 2.75) is 31.3 Å². The molecule has 6 nitrogen and oxygen atoms in total. The average Bonchev–Trinajstić information content (AvgIpc) is 2.56. The number of aromatic nitrogens is 1. The summed E-state index contributed by atoms with van der Waals surface area (Å²) in [5.74, 6) is -0.814. The smallest absolute Gasteiger partial charge is 0.251 e. The molecule has 0 spiro atoms. The number of pyridine rings is 1. The van der Waals surface area contributed by atoms with Crippen molar-refractivity contribution >= 4 is 0 Å². The lowest BCUT2D eigenvalue weighted by molar-refractivity contribution is -0.0240. The fourth-order valence-corrected chi connectivity index (χ4v) is 2.15. The van der Waals surface area contributed by atoms with Crippen molar-refractivity contribution in [1.82, 2.24) is 4.98 Å². The van der Waals surface area contributed by atoms with Crippen molar-refractivity contribution in [3.05, 3.63) is 33.5 Å². The third-order valence-corrected chi connectivity index (χ3v) is 3.06. The molecular formula is C11H14FNO5. The summed E-state index contributed by atoms with van der Waals surface area (Å²) in [5.41, 5.74) is -0.396. The van der Waals surface area contributed by atoms with Crippen molar-refractivity contribution in [3.63, 3.8) is 0 Å². The van der Waals surface area contributed by atoms with E-state index in [0.29, 0.717) is 0 Å². The van der Waals surface area contributed by atoms with E-state index in [2.05, 4.69) is 4.98 Å². The molecule has 4 atom stereocenters. The van der Waals surface area contributed by atoms with Gasteiger partial charge in [0.05, 0.1) is 6.61 Å². The minimum Gasteiger partial charge on any atom is -0.394 e. The van der Waals surface area contributed by atoms with E-state index in [1.165, 1.54) is 6.92 Å². The first-order valence-electron chi connectivity index (χ1n) is 5.47. The number of nitrogens with one attached hydrogen (secondary N) is 1. The first kappa shape index (κ1) is 13.2. The van der Waals surface area contributed by atoms with Crippen LogP contribution in [0.2, 0.25) is 0 Å². The van der Waals surface area contributed by atoms with Crippen LogP contribution in [0.15, 0.2) is 10.9 Å². The van der Waals surface area contributed by atoms with Crippen LogP contribution in [0.4, 0.5) is 4.39 Å². The highest BCUT2D eigenvalue weighted by Gasteiger charge is 2.44. The highest BCUT2D eigenvalue weighted by Crippen LogP contribution is 2.35. The topological polar surface area (TPSA) is 103 Å². The summed E-state index contributed by atoms with van der Waals surface area (Å²) in [7, 11) is 0. The minimum atomic E-state index is -1.36. The molecule has 1 fully saturated rings. The second-order valence-electron chi connectivity index (χ2n) is 4.28. The predicted molar refractivity (Wildman–Crippen MR) is 58.5 cm³/mol. The van der Waals surface area contributed by atoms with Crippen LogP contribution >= 0.6 is 0 Å². The van der Waals surface area contributed by atoms with Gasteiger partial charge in [-0.25, -0.2) is 4.39 Å². The van der Waals surface area contributed by atoms with E-state index >= 15 is 0 Å². The second kappa shape index (κ2) is 4.77. The van der Waals surface area contributed by atoms with Gasteiger partial charge < -0.3 is 25.0 Å². The van der Waals surface area contributed by atoms with Gasteiger partial charge in [0.1, 0.15) is 30.2 Å². The summed E-state index contributed by atoms with van der Waals surface area (Å²) in [6.07, 6.45) is -4.75. The molecule has 1 aromatic rings. The van der Waals surface area contributed by atoms with Crippen molar-refractivity contribution < 1.29 is 24.4 Å². The van der Waals surface area contributed by atoms with Crippen LogP contribution in [0.25, 0.3) is 0 Å². The van der Waals surface area contributed by atoms with Gasteiger partial charge in [-0.15, -0.1) is 0 Å². The molecule has 0 saturated carbocycles. The molecule has 4 N–H and O–H groups in total. The highest BCUT2D eigenvalue weighted by atomic mass is 19.1. The number of ether oxygens (including phenoxy) is 1.